The summed E-state index contributed by atoms with van der Waals surface area (Å²) in [5.41, 5.74) is 0.549. The average molecular weight is 243 g/mol. The van der Waals surface area contributed by atoms with Crippen molar-refractivity contribution < 1.29 is 14.6 Å². The van der Waals surface area contributed by atoms with Crippen molar-refractivity contribution in [2.45, 2.75) is 26.4 Å². The maximum absolute atomic E-state index is 11.1. The van der Waals surface area contributed by atoms with Crippen LogP contribution in [-0.2, 0) is 0 Å². The molecule has 0 aromatic heterocycles. The molecule has 1 aromatic rings. The van der Waals surface area contributed by atoms with Crippen LogP contribution >= 0.6 is 11.6 Å². The molecule has 1 N–H and O–H groups in total. The van der Waals surface area contributed by atoms with Gasteiger partial charge in [-0.05, 0) is 31.5 Å². The summed E-state index contributed by atoms with van der Waals surface area (Å²) in [4.78, 5) is 11.1. The van der Waals surface area contributed by atoms with Crippen LogP contribution in [0, 0.1) is 0 Å². The smallest absolute Gasteiger partial charge is 0.159 e. The third-order valence-electron chi connectivity index (χ3n) is 2.24. The summed E-state index contributed by atoms with van der Waals surface area (Å²) in [6, 6.07) is 4.86. The minimum Gasteiger partial charge on any atom is -0.489 e. The van der Waals surface area contributed by atoms with Crippen LogP contribution in [0.2, 0.25) is 5.02 Å². The average Bonchev–Trinajstić information content (AvgIpc) is 2.26. The normalized spacial score (nSPS) is 12.2. The third-order valence-corrected chi connectivity index (χ3v) is 2.54. The molecule has 1 rings (SSSR count). The first-order valence-corrected chi connectivity index (χ1v) is 5.53. The second kappa shape index (κ2) is 5.87. The molecule has 0 bridgehead atoms. The molecule has 3 nitrogen and oxygen atoms in total. The van der Waals surface area contributed by atoms with Gasteiger partial charge in [0.15, 0.2) is 5.78 Å². The van der Waals surface area contributed by atoms with Crippen molar-refractivity contribution in [2.75, 3.05) is 6.61 Å². The molecule has 1 atom stereocenters. The Labute approximate surface area is 100.0 Å². The fourth-order valence-electron chi connectivity index (χ4n) is 1.14. The number of carbonyl (C=O) groups excluding carboxylic acids is 1. The zero-order chi connectivity index (χ0) is 12.1. The van der Waals surface area contributed by atoms with Crippen molar-refractivity contribution in [3.63, 3.8) is 0 Å². The SMILES string of the molecule is CCC(O)COc1ccc(C(C)=O)cc1Cl. The lowest BCUT2D eigenvalue weighted by Gasteiger charge is -2.11. The predicted octanol–water partition coefficient (Wildman–Crippen LogP) is 2.69. The Balaban J connectivity index is 2.72. The molecule has 0 aliphatic rings. The Hall–Kier alpha value is -1.06. The van der Waals surface area contributed by atoms with E-state index in [9.17, 15) is 9.90 Å². The summed E-state index contributed by atoms with van der Waals surface area (Å²) in [6.07, 6.45) is 0.131. The van der Waals surface area contributed by atoms with Gasteiger partial charge < -0.3 is 9.84 Å². The molecule has 0 saturated carbocycles. The molecule has 0 aliphatic carbocycles. The summed E-state index contributed by atoms with van der Waals surface area (Å²) >= 11 is 5.94. The summed E-state index contributed by atoms with van der Waals surface area (Å²) < 4.78 is 5.33. The zero-order valence-corrected chi connectivity index (χ0v) is 10.1. The highest BCUT2D eigenvalue weighted by Gasteiger charge is 2.07. The van der Waals surface area contributed by atoms with Gasteiger partial charge in [-0.2, -0.15) is 0 Å². The summed E-state index contributed by atoms with van der Waals surface area (Å²) in [5.74, 6) is 0.446. The van der Waals surface area contributed by atoms with Gasteiger partial charge in [-0.25, -0.2) is 0 Å². The van der Waals surface area contributed by atoms with Crippen LogP contribution in [0.4, 0.5) is 0 Å². The van der Waals surface area contributed by atoms with E-state index in [0.717, 1.165) is 0 Å². The molecule has 0 aliphatic heterocycles. The van der Waals surface area contributed by atoms with Gasteiger partial charge >= 0.3 is 0 Å². The van der Waals surface area contributed by atoms with Crippen LogP contribution in [-0.4, -0.2) is 23.6 Å². The van der Waals surface area contributed by atoms with Gasteiger partial charge in [0.1, 0.15) is 12.4 Å². The van der Waals surface area contributed by atoms with Crippen molar-refractivity contribution >= 4 is 17.4 Å². The number of aliphatic hydroxyl groups excluding tert-OH is 1. The van der Waals surface area contributed by atoms with Crippen molar-refractivity contribution in [3.05, 3.63) is 28.8 Å². The van der Waals surface area contributed by atoms with Gasteiger partial charge in [0.05, 0.1) is 11.1 Å². The van der Waals surface area contributed by atoms with E-state index in [1.54, 1.807) is 18.2 Å². The van der Waals surface area contributed by atoms with Gasteiger partial charge in [-0.1, -0.05) is 18.5 Å². The second-order valence-corrected chi connectivity index (χ2v) is 3.98. The quantitative estimate of drug-likeness (QED) is 0.808. The lowest BCUT2D eigenvalue weighted by Crippen LogP contribution is -2.16. The molecule has 16 heavy (non-hydrogen) atoms. The Kier molecular flexibility index (Phi) is 4.77. The Morgan fingerprint density at radius 3 is 2.75 bits per heavy atom. The molecular weight excluding hydrogens is 228 g/mol. The minimum absolute atomic E-state index is 0.0398. The van der Waals surface area contributed by atoms with Crippen LogP contribution in [0.15, 0.2) is 18.2 Å². The number of benzene rings is 1. The largest absolute Gasteiger partial charge is 0.489 e. The van der Waals surface area contributed by atoms with Gasteiger partial charge in [0.25, 0.3) is 0 Å². The van der Waals surface area contributed by atoms with Crippen LogP contribution in [0.25, 0.3) is 0 Å². The van der Waals surface area contributed by atoms with Gasteiger partial charge in [0, 0.05) is 5.56 Å². The van der Waals surface area contributed by atoms with Crippen LogP contribution in [0.1, 0.15) is 30.6 Å². The summed E-state index contributed by atoms with van der Waals surface area (Å²) in [5, 5.41) is 9.72. The number of carbonyl (C=O) groups is 1. The molecule has 4 heteroatoms. The first kappa shape index (κ1) is 13.0. The van der Waals surface area contributed by atoms with Crippen molar-refractivity contribution in [1.82, 2.24) is 0 Å². The van der Waals surface area contributed by atoms with Crippen molar-refractivity contribution in [3.8, 4) is 5.75 Å². The predicted molar refractivity (Wildman–Crippen MR) is 63.2 cm³/mol. The Bertz CT molecular complexity index is 377. The lowest BCUT2D eigenvalue weighted by atomic mass is 10.1. The second-order valence-electron chi connectivity index (χ2n) is 3.57. The molecule has 0 spiro atoms. The Morgan fingerprint density at radius 2 is 2.25 bits per heavy atom. The number of hydrogen-bond acceptors (Lipinski definition) is 3. The third kappa shape index (κ3) is 3.51. The highest BCUT2D eigenvalue weighted by atomic mass is 35.5. The number of hydrogen-bond donors (Lipinski definition) is 1. The lowest BCUT2D eigenvalue weighted by molar-refractivity contribution is 0.101. The van der Waals surface area contributed by atoms with E-state index in [-0.39, 0.29) is 12.4 Å². The number of halogens is 1. The van der Waals surface area contributed by atoms with E-state index in [0.29, 0.717) is 22.8 Å². The van der Waals surface area contributed by atoms with Gasteiger partial charge in [-0.15, -0.1) is 0 Å². The number of ether oxygens (including phenoxy) is 1. The van der Waals surface area contributed by atoms with Crippen LogP contribution < -0.4 is 4.74 Å². The molecule has 0 radical (unpaired) electrons. The molecule has 0 saturated heterocycles. The summed E-state index contributed by atoms with van der Waals surface area (Å²) in [6.45, 7) is 3.55. The fraction of sp³-hybridized carbons (Fsp3) is 0.417. The number of aliphatic hydroxyl groups is 1. The maximum Gasteiger partial charge on any atom is 0.159 e. The first-order chi connectivity index (χ1) is 7.54. The molecule has 1 aromatic carbocycles. The number of ketones is 1. The van der Waals surface area contributed by atoms with E-state index in [1.807, 2.05) is 6.92 Å². The highest BCUT2D eigenvalue weighted by Crippen LogP contribution is 2.25. The minimum atomic E-state index is -0.497. The van der Waals surface area contributed by atoms with E-state index >= 15 is 0 Å². The molecular formula is C12H15ClO3. The Morgan fingerprint density at radius 1 is 1.56 bits per heavy atom. The highest BCUT2D eigenvalue weighted by molar-refractivity contribution is 6.32. The van der Waals surface area contributed by atoms with E-state index in [2.05, 4.69) is 0 Å². The number of Topliss-reactive ketones (excluding diaryl/α,β-unsaturated/α-hetero) is 1. The van der Waals surface area contributed by atoms with Crippen molar-refractivity contribution in [2.24, 2.45) is 0 Å². The van der Waals surface area contributed by atoms with E-state index in [4.69, 9.17) is 16.3 Å². The van der Waals surface area contributed by atoms with Gasteiger partial charge in [0.2, 0.25) is 0 Å². The molecule has 1 unspecified atom stereocenters. The zero-order valence-electron chi connectivity index (χ0n) is 9.37. The van der Waals surface area contributed by atoms with Crippen LogP contribution in [0.5, 0.6) is 5.75 Å². The van der Waals surface area contributed by atoms with Gasteiger partial charge in [-0.3, -0.25) is 4.79 Å². The molecule has 0 amide bonds. The van der Waals surface area contributed by atoms with Crippen molar-refractivity contribution in [1.29, 1.82) is 0 Å². The molecule has 88 valence electrons. The molecule has 0 heterocycles. The van der Waals surface area contributed by atoms with E-state index < -0.39 is 6.10 Å². The number of rotatable bonds is 5. The maximum atomic E-state index is 11.1. The monoisotopic (exact) mass is 242 g/mol. The van der Waals surface area contributed by atoms with Crippen LogP contribution in [0.3, 0.4) is 0 Å². The summed E-state index contributed by atoms with van der Waals surface area (Å²) in [7, 11) is 0. The van der Waals surface area contributed by atoms with E-state index in [1.165, 1.54) is 6.92 Å². The fourth-order valence-corrected chi connectivity index (χ4v) is 1.38. The topological polar surface area (TPSA) is 46.5 Å². The first-order valence-electron chi connectivity index (χ1n) is 5.16. The standard InChI is InChI=1S/C12H15ClO3/c1-3-10(15)7-16-12-5-4-9(8(2)14)6-11(12)13/h4-6,10,15H,3,7H2,1-2H3. The molecule has 0 fully saturated rings.